The van der Waals surface area contributed by atoms with E-state index in [2.05, 4.69) is 13.0 Å². The number of rotatable bonds is 6. The van der Waals surface area contributed by atoms with Crippen LogP contribution in [0.4, 0.5) is 0 Å². The number of methoxy groups -OCH3 is 3. The summed E-state index contributed by atoms with van der Waals surface area (Å²) in [5.74, 6) is 2.16. The molecule has 0 bridgehead atoms. The molecule has 0 aliphatic heterocycles. The van der Waals surface area contributed by atoms with Crippen molar-refractivity contribution in [2.75, 3.05) is 21.3 Å². The molecule has 0 saturated heterocycles. The van der Waals surface area contributed by atoms with Crippen LogP contribution in [0.3, 0.4) is 0 Å². The molecule has 0 heterocycles. The van der Waals surface area contributed by atoms with Gasteiger partial charge in [0, 0.05) is 12.0 Å². The van der Waals surface area contributed by atoms with Crippen molar-refractivity contribution in [1.29, 1.82) is 5.26 Å². The first kappa shape index (κ1) is 14.2. The lowest BCUT2D eigenvalue weighted by Crippen LogP contribution is -2.01. The van der Waals surface area contributed by atoms with Crippen molar-refractivity contribution in [2.24, 2.45) is 0 Å². The van der Waals surface area contributed by atoms with Crippen molar-refractivity contribution in [2.45, 2.75) is 25.7 Å². The topological polar surface area (TPSA) is 51.5 Å². The molecule has 4 nitrogen and oxygen atoms in total. The Labute approximate surface area is 108 Å². The van der Waals surface area contributed by atoms with Gasteiger partial charge in [0.05, 0.1) is 27.4 Å². The van der Waals surface area contributed by atoms with Crippen LogP contribution in [-0.4, -0.2) is 21.3 Å². The maximum Gasteiger partial charge on any atom is 0.203 e. The fourth-order valence-electron chi connectivity index (χ4n) is 1.95. The lowest BCUT2D eigenvalue weighted by Gasteiger charge is -2.19. The summed E-state index contributed by atoms with van der Waals surface area (Å²) in [5, 5.41) is 8.65. The molecule has 1 aromatic rings. The van der Waals surface area contributed by atoms with Crippen LogP contribution in [0.1, 0.15) is 31.2 Å². The fourth-order valence-corrected chi connectivity index (χ4v) is 1.95. The van der Waals surface area contributed by atoms with E-state index >= 15 is 0 Å². The van der Waals surface area contributed by atoms with Crippen molar-refractivity contribution in [3.8, 4) is 23.3 Å². The fraction of sp³-hybridized carbons (Fsp3) is 0.500. The van der Waals surface area contributed by atoms with Gasteiger partial charge in [0.25, 0.3) is 0 Å². The average Bonchev–Trinajstić information content (AvgIpc) is 2.42. The number of hydrogen-bond donors (Lipinski definition) is 0. The monoisotopic (exact) mass is 249 g/mol. The van der Waals surface area contributed by atoms with Crippen LogP contribution < -0.4 is 14.2 Å². The molecular weight excluding hydrogens is 230 g/mol. The van der Waals surface area contributed by atoms with Crippen molar-refractivity contribution in [1.82, 2.24) is 0 Å². The summed E-state index contributed by atoms with van der Waals surface area (Å²) >= 11 is 0. The second-order valence-corrected chi connectivity index (χ2v) is 4.02. The van der Waals surface area contributed by atoms with Gasteiger partial charge in [-0.25, -0.2) is 0 Å². The zero-order valence-electron chi connectivity index (χ0n) is 11.3. The molecule has 0 aliphatic rings. The van der Waals surface area contributed by atoms with E-state index in [9.17, 15) is 0 Å². The molecule has 4 heteroatoms. The van der Waals surface area contributed by atoms with E-state index in [0.29, 0.717) is 23.7 Å². The number of hydrogen-bond acceptors (Lipinski definition) is 4. The van der Waals surface area contributed by atoms with E-state index in [0.717, 1.165) is 12.0 Å². The number of nitriles is 1. The Morgan fingerprint density at radius 3 is 2.28 bits per heavy atom. The molecule has 1 rings (SSSR count). The molecule has 0 radical (unpaired) electrons. The zero-order chi connectivity index (χ0) is 13.5. The van der Waals surface area contributed by atoms with E-state index < -0.39 is 0 Å². The molecule has 0 spiro atoms. The predicted molar refractivity (Wildman–Crippen MR) is 69.4 cm³/mol. The van der Waals surface area contributed by atoms with Gasteiger partial charge in [-0.15, -0.1) is 0 Å². The second-order valence-electron chi connectivity index (χ2n) is 4.02. The molecule has 1 unspecified atom stereocenters. The van der Waals surface area contributed by atoms with Gasteiger partial charge in [-0.05, 0) is 18.4 Å². The van der Waals surface area contributed by atoms with Crippen LogP contribution in [-0.2, 0) is 0 Å². The summed E-state index contributed by atoms with van der Waals surface area (Å²) < 4.78 is 16.0. The predicted octanol–water partition coefficient (Wildman–Crippen LogP) is 3.12. The number of nitrogens with zero attached hydrogens (tertiary/aromatic N) is 1. The van der Waals surface area contributed by atoms with Crippen LogP contribution in [0.25, 0.3) is 0 Å². The highest BCUT2D eigenvalue weighted by atomic mass is 16.5. The molecule has 0 amide bonds. The van der Waals surface area contributed by atoms with Crippen molar-refractivity contribution >= 4 is 0 Å². The molecule has 0 N–H and O–H groups in total. The second kappa shape index (κ2) is 6.75. The summed E-state index contributed by atoms with van der Waals surface area (Å²) in [4.78, 5) is 0. The third-order valence-corrected chi connectivity index (χ3v) is 2.95. The molecule has 0 fully saturated rings. The minimum Gasteiger partial charge on any atom is -0.493 e. The normalized spacial score (nSPS) is 11.5. The minimum absolute atomic E-state index is 0.236. The highest BCUT2D eigenvalue weighted by Crippen LogP contribution is 2.43. The first-order chi connectivity index (χ1) is 8.69. The maximum atomic E-state index is 8.65. The Bertz CT molecular complexity index is 437. The number of ether oxygens (including phenoxy) is 3. The maximum absolute atomic E-state index is 8.65. The van der Waals surface area contributed by atoms with Gasteiger partial charge in [0.1, 0.15) is 0 Å². The van der Waals surface area contributed by atoms with Gasteiger partial charge >= 0.3 is 0 Å². The van der Waals surface area contributed by atoms with E-state index in [-0.39, 0.29) is 5.92 Å². The van der Waals surface area contributed by atoms with Crippen molar-refractivity contribution < 1.29 is 14.2 Å². The molecule has 98 valence electrons. The highest BCUT2D eigenvalue weighted by molar-refractivity contribution is 5.56. The van der Waals surface area contributed by atoms with Gasteiger partial charge in [-0.1, -0.05) is 13.0 Å². The minimum atomic E-state index is 0.236. The van der Waals surface area contributed by atoms with Crippen molar-refractivity contribution in [3.63, 3.8) is 0 Å². The molecule has 0 saturated carbocycles. The standard InChI is InChI=1S/C14H19NO3/c1-10(6-5-9-15)11-7-8-12(16-2)14(18-4)13(11)17-3/h7-8,10H,5-6H2,1-4H3. The van der Waals surface area contributed by atoms with Gasteiger partial charge in [0.2, 0.25) is 5.75 Å². The van der Waals surface area contributed by atoms with Gasteiger partial charge < -0.3 is 14.2 Å². The van der Waals surface area contributed by atoms with Crippen LogP contribution in [0, 0.1) is 11.3 Å². The van der Waals surface area contributed by atoms with E-state index in [1.807, 2.05) is 12.1 Å². The Balaban J connectivity index is 3.16. The molecule has 1 aromatic carbocycles. The van der Waals surface area contributed by atoms with Gasteiger partial charge in [0.15, 0.2) is 11.5 Å². The summed E-state index contributed by atoms with van der Waals surface area (Å²) in [6, 6.07) is 5.98. The third kappa shape index (κ3) is 2.86. The SMILES string of the molecule is COc1ccc(C(C)CCC#N)c(OC)c1OC. The summed E-state index contributed by atoms with van der Waals surface area (Å²) in [5.41, 5.74) is 1.03. The third-order valence-electron chi connectivity index (χ3n) is 2.95. The Morgan fingerprint density at radius 1 is 1.11 bits per heavy atom. The van der Waals surface area contributed by atoms with Crippen LogP contribution in [0.15, 0.2) is 12.1 Å². The number of benzene rings is 1. The van der Waals surface area contributed by atoms with Crippen molar-refractivity contribution in [3.05, 3.63) is 17.7 Å². The Hall–Kier alpha value is -1.89. The lowest BCUT2D eigenvalue weighted by atomic mass is 9.95. The quantitative estimate of drug-likeness (QED) is 0.777. The lowest BCUT2D eigenvalue weighted by molar-refractivity contribution is 0.320. The molecule has 0 aliphatic carbocycles. The average molecular weight is 249 g/mol. The first-order valence-corrected chi connectivity index (χ1v) is 5.85. The smallest absolute Gasteiger partial charge is 0.203 e. The molecule has 18 heavy (non-hydrogen) atoms. The zero-order valence-corrected chi connectivity index (χ0v) is 11.3. The summed E-state index contributed by atoms with van der Waals surface area (Å²) in [6.07, 6.45) is 1.32. The van der Waals surface area contributed by atoms with Gasteiger partial charge in [-0.2, -0.15) is 5.26 Å². The van der Waals surface area contributed by atoms with Crippen LogP contribution >= 0.6 is 0 Å². The molecule has 1 atom stereocenters. The summed E-state index contributed by atoms with van der Waals surface area (Å²) in [6.45, 7) is 2.07. The van der Waals surface area contributed by atoms with E-state index in [1.54, 1.807) is 21.3 Å². The van der Waals surface area contributed by atoms with E-state index in [1.165, 1.54) is 0 Å². The van der Waals surface area contributed by atoms with E-state index in [4.69, 9.17) is 19.5 Å². The largest absolute Gasteiger partial charge is 0.493 e. The first-order valence-electron chi connectivity index (χ1n) is 5.85. The Morgan fingerprint density at radius 2 is 1.78 bits per heavy atom. The Kier molecular flexibility index (Phi) is 5.31. The highest BCUT2D eigenvalue weighted by Gasteiger charge is 2.19. The summed E-state index contributed by atoms with van der Waals surface area (Å²) in [7, 11) is 4.79. The molecular formula is C14H19NO3. The molecule has 0 aromatic heterocycles. The van der Waals surface area contributed by atoms with Crippen LogP contribution in [0.5, 0.6) is 17.2 Å². The van der Waals surface area contributed by atoms with Gasteiger partial charge in [-0.3, -0.25) is 0 Å². The van der Waals surface area contributed by atoms with Crippen LogP contribution in [0.2, 0.25) is 0 Å².